The average molecular weight is 351 g/mol. The molecule has 25 heavy (non-hydrogen) atoms. The van der Waals surface area contributed by atoms with E-state index in [2.05, 4.69) is 15.3 Å². The number of benzene rings is 1. The van der Waals surface area contributed by atoms with Crippen molar-refractivity contribution in [2.75, 3.05) is 5.32 Å². The topological polar surface area (TPSA) is 85.4 Å². The number of nitrogens with zero attached hydrogens (tertiary/aromatic N) is 4. The van der Waals surface area contributed by atoms with E-state index in [0.717, 1.165) is 22.6 Å². The van der Waals surface area contributed by atoms with Crippen molar-refractivity contribution in [1.29, 1.82) is 0 Å². The number of imidazole rings is 1. The molecule has 0 unspecified atom stereocenters. The van der Waals surface area contributed by atoms with Crippen molar-refractivity contribution in [1.82, 2.24) is 14.4 Å². The minimum absolute atomic E-state index is 0.0478. The number of non-ortho nitro benzene ring substituents is 1. The van der Waals surface area contributed by atoms with Crippen LogP contribution in [0.1, 0.15) is 5.56 Å². The Morgan fingerprint density at radius 1 is 1.28 bits per heavy atom. The van der Waals surface area contributed by atoms with Crippen molar-refractivity contribution in [2.45, 2.75) is 6.92 Å². The van der Waals surface area contributed by atoms with Crippen LogP contribution in [-0.4, -0.2) is 19.3 Å². The molecule has 1 N–H and O–H groups in total. The lowest BCUT2D eigenvalue weighted by Gasteiger charge is -2.06. The molecule has 1 aromatic carbocycles. The van der Waals surface area contributed by atoms with Crippen LogP contribution in [0.25, 0.3) is 17.0 Å². The second-order valence-corrected chi connectivity index (χ2v) is 6.35. The van der Waals surface area contributed by atoms with Gasteiger partial charge in [-0.15, -0.1) is 11.3 Å². The number of hydrogen-bond acceptors (Lipinski definition) is 6. The van der Waals surface area contributed by atoms with Gasteiger partial charge in [0.05, 0.1) is 22.5 Å². The highest BCUT2D eigenvalue weighted by molar-refractivity contribution is 7.14. The Labute approximate surface area is 146 Å². The lowest BCUT2D eigenvalue weighted by molar-refractivity contribution is -0.384. The van der Waals surface area contributed by atoms with E-state index in [4.69, 9.17) is 0 Å². The predicted octanol–water partition coefficient (Wildman–Crippen LogP) is 4.42. The standard InChI is InChI=1S/C17H13N5O2S/c1-11-5-6-12(22(23)24)8-13(11)19-17-20-14(10-25-17)15-9-18-16-4-2-3-7-21(15)16/h2-10H,1H3,(H,19,20). The van der Waals surface area contributed by atoms with Crippen LogP contribution in [0.15, 0.2) is 54.2 Å². The molecule has 4 aromatic rings. The predicted molar refractivity (Wildman–Crippen MR) is 97.4 cm³/mol. The van der Waals surface area contributed by atoms with E-state index in [0.29, 0.717) is 10.8 Å². The molecule has 4 rings (SSSR count). The summed E-state index contributed by atoms with van der Waals surface area (Å²) in [7, 11) is 0. The fraction of sp³-hybridized carbons (Fsp3) is 0.0588. The SMILES string of the molecule is Cc1ccc([N+](=O)[O-])cc1Nc1nc(-c2cnc3ccccn23)cs1. The molecule has 0 spiro atoms. The number of pyridine rings is 1. The van der Waals surface area contributed by atoms with Crippen molar-refractivity contribution in [3.8, 4) is 11.4 Å². The molecule has 0 saturated carbocycles. The second-order valence-electron chi connectivity index (χ2n) is 5.49. The van der Waals surface area contributed by atoms with Crippen LogP contribution in [-0.2, 0) is 0 Å². The number of anilines is 2. The number of aromatic nitrogens is 3. The Hall–Kier alpha value is -3.26. The van der Waals surface area contributed by atoms with E-state index in [-0.39, 0.29) is 5.69 Å². The summed E-state index contributed by atoms with van der Waals surface area (Å²) in [4.78, 5) is 19.5. The first-order valence-electron chi connectivity index (χ1n) is 7.52. The zero-order valence-corrected chi connectivity index (χ0v) is 14.0. The Morgan fingerprint density at radius 3 is 3.00 bits per heavy atom. The van der Waals surface area contributed by atoms with Gasteiger partial charge in [-0.2, -0.15) is 0 Å². The largest absolute Gasteiger partial charge is 0.331 e. The van der Waals surface area contributed by atoms with Crippen LogP contribution in [0, 0.1) is 17.0 Å². The fourth-order valence-corrected chi connectivity index (χ4v) is 3.26. The first kappa shape index (κ1) is 15.3. The summed E-state index contributed by atoms with van der Waals surface area (Å²) in [5.74, 6) is 0. The van der Waals surface area contributed by atoms with E-state index in [1.807, 2.05) is 41.1 Å². The molecule has 0 saturated heterocycles. The van der Waals surface area contributed by atoms with E-state index in [1.54, 1.807) is 12.3 Å². The molecule has 0 aliphatic rings. The van der Waals surface area contributed by atoms with E-state index < -0.39 is 4.92 Å². The summed E-state index contributed by atoms with van der Waals surface area (Å²) in [5.41, 5.74) is 4.19. The molecular weight excluding hydrogens is 338 g/mol. The molecule has 3 aromatic heterocycles. The minimum Gasteiger partial charge on any atom is -0.331 e. The van der Waals surface area contributed by atoms with Gasteiger partial charge in [0.2, 0.25) is 0 Å². The smallest absolute Gasteiger partial charge is 0.271 e. The van der Waals surface area contributed by atoms with E-state index in [9.17, 15) is 10.1 Å². The lowest BCUT2D eigenvalue weighted by atomic mass is 10.2. The Bertz CT molecular complexity index is 1090. The zero-order valence-electron chi connectivity index (χ0n) is 13.2. The molecule has 0 fully saturated rings. The monoisotopic (exact) mass is 351 g/mol. The van der Waals surface area contributed by atoms with Gasteiger partial charge in [0.25, 0.3) is 5.69 Å². The molecular formula is C17H13N5O2S. The highest BCUT2D eigenvalue weighted by Crippen LogP contribution is 2.30. The van der Waals surface area contributed by atoms with Gasteiger partial charge in [-0.3, -0.25) is 14.5 Å². The maximum atomic E-state index is 11.0. The molecule has 7 nitrogen and oxygen atoms in total. The van der Waals surface area contributed by atoms with Gasteiger partial charge in [0.15, 0.2) is 5.13 Å². The molecule has 0 amide bonds. The lowest BCUT2D eigenvalue weighted by Crippen LogP contribution is -1.95. The first-order valence-corrected chi connectivity index (χ1v) is 8.40. The van der Waals surface area contributed by atoms with E-state index >= 15 is 0 Å². The molecule has 0 atom stereocenters. The molecule has 8 heteroatoms. The van der Waals surface area contributed by atoms with Crippen molar-refractivity contribution in [3.05, 3.63) is 69.8 Å². The number of fused-ring (bicyclic) bond motifs is 1. The number of hydrogen-bond donors (Lipinski definition) is 1. The average Bonchev–Trinajstić information content (AvgIpc) is 3.23. The van der Waals surface area contributed by atoms with Gasteiger partial charge in [-0.05, 0) is 24.6 Å². The Morgan fingerprint density at radius 2 is 2.16 bits per heavy atom. The Kier molecular flexibility index (Phi) is 3.66. The van der Waals surface area contributed by atoms with Crippen LogP contribution >= 0.6 is 11.3 Å². The summed E-state index contributed by atoms with van der Waals surface area (Å²) in [6, 6.07) is 10.5. The highest BCUT2D eigenvalue weighted by Gasteiger charge is 2.12. The zero-order chi connectivity index (χ0) is 17.4. The third-order valence-electron chi connectivity index (χ3n) is 3.86. The van der Waals surface area contributed by atoms with E-state index in [1.165, 1.54) is 23.5 Å². The summed E-state index contributed by atoms with van der Waals surface area (Å²) in [5, 5.41) is 16.7. The van der Waals surface area contributed by atoms with Gasteiger partial charge in [0, 0.05) is 23.7 Å². The maximum absolute atomic E-state index is 11.0. The number of rotatable bonds is 4. The summed E-state index contributed by atoms with van der Waals surface area (Å²) >= 11 is 1.44. The van der Waals surface area contributed by atoms with Gasteiger partial charge >= 0.3 is 0 Å². The van der Waals surface area contributed by atoms with Crippen LogP contribution in [0.3, 0.4) is 0 Å². The Balaban J connectivity index is 1.66. The van der Waals surface area contributed by atoms with Gasteiger partial charge in [-0.1, -0.05) is 12.1 Å². The third kappa shape index (κ3) is 2.83. The number of nitro benzene ring substituents is 1. The van der Waals surface area contributed by atoms with Crippen LogP contribution in [0.2, 0.25) is 0 Å². The molecule has 0 radical (unpaired) electrons. The summed E-state index contributed by atoms with van der Waals surface area (Å²) in [6.07, 6.45) is 3.72. The number of nitro groups is 1. The van der Waals surface area contributed by atoms with Crippen LogP contribution in [0.4, 0.5) is 16.5 Å². The quantitative estimate of drug-likeness (QED) is 0.434. The van der Waals surface area contributed by atoms with Crippen LogP contribution in [0.5, 0.6) is 0 Å². The van der Waals surface area contributed by atoms with Crippen molar-refractivity contribution >= 4 is 33.5 Å². The van der Waals surface area contributed by atoms with Gasteiger partial charge in [0.1, 0.15) is 11.3 Å². The fourth-order valence-electron chi connectivity index (χ4n) is 2.54. The van der Waals surface area contributed by atoms with Gasteiger partial charge < -0.3 is 5.32 Å². The van der Waals surface area contributed by atoms with Crippen LogP contribution < -0.4 is 5.32 Å². The number of thiazole rings is 1. The number of aryl methyl sites for hydroxylation is 1. The number of nitrogens with one attached hydrogen (secondary N) is 1. The molecule has 0 aliphatic carbocycles. The third-order valence-corrected chi connectivity index (χ3v) is 4.61. The molecule has 0 aliphatic heterocycles. The van der Waals surface area contributed by atoms with Crippen molar-refractivity contribution in [3.63, 3.8) is 0 Å². The maximum Gasteiger partial charge on any atom is 0.271 e. The van der Waals surface area contributed by atoms with Crippen molar-refractivity contribution in [2.24, 2.45) is 0 Å². The summed E-state index contributed by atoms with van der Waals surface area (Å²) in [6.45, 7) is 1.89. The molecule has 3 heterocycles. The molecule has 124 valence electrons. The normalized spacial score (nSPS) is 10.9. The van der Waals surface area contributed by atoms with Gasteiger partial charge in [-0.25, -0.2) is 9.97 Å². The summed E-state index contributed by atoms with van der Waals surface area (Å²) < 4.78 is 1.97. The van der Waals surface area contributed by atoms with Crippen molar-refractivity contribution < 1.29 is 4.92 Å². The highest BCUT2D eigenvalue weighted by atomic mass is 32.1. The minimum atomic E-state index is -0.406. The second kappa shape index (κ2) is 5.99. The first-order chi connectivity index (χ1) is 12.1. The molecule has 0 bridgehead atoms.